The van der Waals surface area contributed by atoms with Crippen molar-refractivity contribution in [2.75, 3.05) is 21.3 Å². The van der Waals surface area contributed by atoms with Crippen LogP contribution in [0, 0.1) is 5.92 Å². The zero-order chi connectivity index (χ0) is 12.1. The second-order valence-corrected chi connectivity index (χ2v) is 4.12. The summed E-state index contributed by atoms with van der Waals surface area (Å²) in [5, 5.41) is 0. The van der Waals surface area contributed by atoms with E-state index in [0.29, 0.717) is 11.7 Å². The van der Waals surface area contributed by atoms with Crippen LogP contribution in [0.15, 0.2) is 12.1 Å². The van der Waals surface area contributed by atoms with Crippen molar-refractivity contribution in [3.63, 3.8) is 0 Å². The standard InChI is InChI=1S/C13H20O3/c1-9(2)6-10-7-12(15-4)13(16-5)8-11(10)14-3/h7-9H,6H2,1-5H3. The number of methoxy groups -OCH3 is 3. The molecule has 1 rings (SSSR count). The quantitative estimate of drug-likeness (QED) is 0.769. The Morgan fingerprint density at radius 2 is 1.38 bits per heavy atom. The number of benzene rings is 1. The molecule has 16 heavy (non-hydrogen) atoms. The molecular weight excluding hydrogens is 204 g/mol. The summed E-state index contributed by atoms with van der Waals surface area (Å²) < 4.78 is 15.9. The van der Waals surface area contributed by atoms with Gasteiger partial charge in [-0.15, -0.1) is 0 Å². The predicted octanol–water partition coefficient (Wildman–Crippen LogP) is 2.91. The van der Waals surface area contributed by atoms with E-state index in [1.807, 2.05) is 12.1 Å². The number of hydrogen-bond donors (Lipinski definition) is 0. The van der Waals surface area contributed by atoms with Gasteiger partial charge in [-0.3, -0.25) is 0 Å². The van der Waals surface area contributed by atoms with Crippen molar-refractivity contribution in [1.29, 1.82) is 0 Å². The van der Waals surface area contributed by atoms with E-state index in [2.05, 4.69) is 13.8 Å². The van der Waals surface area contributed by atoms with Crippen LogP contribution in [0.1, 0.15) is 19.4 Å². The molecule has 0 unspecified atom stereocenters. The van der Waals surface area contributed by atoms with Gasteiger partial charge in [0.2, 0.25) is 0 Å². The number of ether oxygens (including phenoxy) is 3. The van der Waals surface area contributed by atoms with Gasteiger partial charge in [0.25, 0.3) is 0 Å². The Hall–Kier alpha value is -1.38. The molecule has 0 atom stereocenters. The molecule has 0 bridgehead atoms. The average Bonchev–Trinajstić information content (AvgIpc) is 2.27. The molecule has 0 N–H and O–H groups in total. The fourth-order valence-electron chi connectivity index (χ4n) is 1.69. The third kappa shape index (κ3) is 2.81. The minimum absolute atomic E-state index is 0.576. The molecule has 1 aromatic carbocycles. The van der Waals surface area contributed by atoms with Gasteiger partial charge in [0.05, 0.1) is 21.3 Å². The lowest BCUT2D eigenvalue weighted by molar-refractivity contribution is 0.347. The summed E-state index contributed by atoms with van der Waals surface area (Å²) >= 11 is 0. The van der Waals surface area contributed by atoms with Crippen LogP contribution >= 0.6 is 0 Å². The van der Waals surface area contributed by atoms with E-state index in [1.165, 1.54) is 0 Å². The third-order valence-electron chi connectivity index (χ3n) is 2.41. The van der Waals surface area contributed by atoms with E-state index < -0.39 is 0 Å². The summed E-state index contributed by atoms with van der Waals surface area (Å²) in [6, 6.07) is 3.86. The fraction of sp³-hybridized carbons (Fsp3) is 0.538. The summed E-state index contributed by atoms with van der Waals surface area (Å²) in [4.78, 5) is 0. The maximum absolute atomic E-state index is 5.35. The SMILES string of the molecule is COc1cc(OC)c(OC)cc1CC(C)C. The second-order valence-electron chi connectivity index (χ2n) is 4.12. The van der Waals surface area contributed by atoms with Crippen molar-refractivity contribution >= 4 is 0 Å². The zero-order valence-corrected chi connectivity index (χ0v) is 10.7. The van der Waals surface area contributed by atoms with Crippen molar-refractivity contribution in [3.05, 3.63) is 17.7 Å². The Kier molecular flexibility index (Phi) is 4.47. The van der Waals surface area contributed by atoms with Gasteiger partial charge in [-0.05, 0) is 24.0 Å². The van der Waals surface area contributed by atoms with Gasteiger partial charge in [-0.2, -0.15) is 0 Å². The topological polar surface area (TPSA) is 27.7 Å². The van der Waals surface area contributed by atoms with Crippen molar-refractivity contribution in [2.45, 2.75) is 20.3 Å². The lowest BCUT2D eigenvalue weighted by atomic mass is 10.0. The molecule has 1 aromatic rings. The highest BCUT2D eigenvalue weighted by Crippen LogP contribution is 2.35. The van der Waals surface area contributed by atoms with Crippen LogP contribution in [0.4, 0.5) is 0 Å². The van der Waals surface area contributed by atoms with Gasteiger partial charge in [0.1, 0.15) is 5.75 Å². The summed E-state index contributed by atoms with van der Waals surface area (Å²) in [7, 11) is 4.94. The van der Waals surface area contributed by atoms with Crippen molar-refractivity contribution < 1.29 is 14.2 Å². The summed E-state index contributed by atoms with van der Waals surface area (Å²) in [5.74, 6) is 2.88. The maximum Gasteiger partial charge on any atom is 0.164 e. The van der Waals surface area contributed by atoms with Crippen LogP contribution < -0.4 is 14.2 Å². The second kappa shape index (κ2) is 5.64. The van der Waals surface area contributed by atoms with Gasteiger partial charge < -0.3 is 14.2 Å². The molecule has 0 amide bonds. The molecule has 0 aliphatic heterocycles. The van der Waals surface area contributed by atoms with Gasteiger partial charge in [0.15, 0.2) is 11.5 Å². The summed E-state index contributed by atoms with van der Waals surface area (Å²) in [5.41, 5.74) is 1.15. The third-order valence-corrected chi connectivity index (χ3v) is 2.41. The van der Waals surface area contributed by atoms with Crippen molar-refractivity contribution in [3.8, 4) is 17.2 Å². The Morgan fingerprint density at radius 3 is 1.81 bits per heavy atom. The molecule has 0 saturated heterocycles. The lowest BCUT2D eigenvalue weighted by Crippen LogP contribution is -2.00. The maximum atomic E-state index is 5.35. The van der Waals surface area contributed by atoms with Gasteiger partial charge in [-0.25, -0.2) is 0 Å². The van der Waals surface area contributed by atoms with E-state index >= 15 is 0 Å². The van der Waals surface area contributed by atoms with Gasteiger partial charge in [-0.1, -0.05) is 13.8 Å². The van der Waals surface area contributed by atoms with E-state index in [-0.39, 0.29) is 0 Å². The predicted molar refractivity (Wildman–Crippen MR) is 64.6 cm³/mol. The molecule has 0 saturated carbocycles. The Morgan fingerprint density at radius 1 is 0.875 bits per heavy atom. The van der Waals surface area contributed by atoms with Gasteiger partial charge >= 0.3 is 0 Å². The van der Waals surface area contributed by atoms with E-state index in [9.17, 15) is 0 Å². The Balaban J connectivity index is 3.15. The van der Waals surface area contributed by atoms with Crippen LogP contribution in [-0.4, -0.2) is 21.3 Å². The smallest absolute Gasteiger partial charge is 0.164 e. The molecule has 3 nitrogen and oxygen atoms in total. The van der Waals surface area contributed by atoms with Crippen LogP contribution in [0.25, 0.3) is 0 Å². The molecule has 90 valence electrons. The van der Waals surface area contributed by atoms with E-state index in [0.717, 1.165) is 23.5 Å². The molecule has 0 heterocycles. The highest BCUT2D eigenvalue weighted by molar-refractivity contribution is 5.50. The number of rotatable bonds is 5. The largest absolute Gasteiger partial charge is 0.496 e. The molecular formula is C13H20O3. The zero-order valence-electron chi connectivity index (χ0n) is 10.7. The molecule has 0 radical (unpaired) electrons. The monoisotopic (exact) mass is 224 g/mol. The highest BCUT2D eigenvalue weighted by atomic mass is 16.5. The molecule has 0 spiro atoms. The van der Waals surface area contributed by atoms with Crippen molar-refractivity contribution in [1.82, 2.24) is 0 Å². The van der Waals surface area contributed by atoms with Crippen LogP contribution in [0.3, 0.4) is 0 Å². The first kappa shape index (κ1) is 12.7. The Bertz CT molecular complexity index is 345. The van der Waals surface area contributed by atoms with Crippen LogP contribution in [0.5, 0.6) is 17.2 Å². The van der Waals surface area contributed by atoms with Crippen LogP contribution in [-0.2, 0) is 6.42 Å². The first-order valence-electron chi connectivity index (χ1n) is 5.41. The molecule has 3 heteroatoms. The molecule has 0 aliphatic carbocycles. The normalized spacial score (nSPS) is 10.4. The molecule has 0 aromatic heterocycles. The molecule has 0 fully saturated rings. The first-order chi connectivity index (χ1) is 7.62. The summed E-state index contributed by atoms with van der Waals surface area (Å²) in [6.45, 7) is 4.35. The van der Waals surface area contributed by atoms with Crippen LogP contribution in [0.2, 0.25) is 0 Å². The highest BCUT2D eigenvalue weighted by Gasteiger charge is 2.12. The number of hydrogen-bond acceptors (Lipinski definition) is 3. The summed E-state index contributed by atoms with van der Waals surface area (Å²) in [6.07, 6.45) is 0.962. The first-order valence-corrected chi connectivity index (χ1v) is 5.41. The minimum Gasteiger partial charge on any atom is -0.496 e. The van der Waals surface area contributed by atoms with Crippen molar-refractivity contribution in [2.24, 2.45) is 5.92 Å². The Labute approximate surface area is 97.3 Å². The van der Waals surface area contributed by atoms with Gasteiger partial charge in [0, 0.05) is 6.07 Å². The van der Waals surface area contributed by atoms with E-state index in [1.54, 1.807) is 21.3 Å². The lowest BCUT2D eigenvalue weighted by Gasteiger charge is -2.15. The van der Waals surface area contributed by atoms with E-state index in [4.69, 9.17) is 14.2 Å². The minimum atomic E-state index is 0.576. The molecule has 0 aliphatic rings. The average molecular weight is 224 g/mol. The fourth-order valence-corrected chi connectivity index (χ4v) is 1.69.